The number of benzene rings is 1. The molecule has 0 saturated carbocycles. The van der Waals surface area contributed by atoms with Gasteiger partial charge in [-0.2, -0.15) is 0 Å². The quantitative estimate of drug-likeness (QED) is 0.915. The molecule has 1 aliphatic rings. The minimum atomic E-state index is 0.0516. The average molecular weight is 295 g/mol. The predicted molar refractivity (Wildman–Crippen MR) is 84.3 cm³/mol. The van der Waals surface area contributed by atoms with Crippen molar-refractivity contribution in [1.82, 2.24) is 4.90 Å². The van der Waals surface area contributed by atoms with E-state index in [4.69, 9.17) is 11.6 Å². The van der Waals surface area contributed by atoms with Gasteiger partial charge in [0.25, 0.3) is 0 Å². The maximum absolute atomic E-state index is 12.2. The first-order valence-corrected chi connectivity index (χ1v) is 7.78. The number of hydrogen-bond donors (Lipinski definition) is 1. The van der Waals surface area contributed by atoms with Crippen LogP contribution in [-0.4, -0.2) is 29.9 Å². The number of carbonyl (C=O) groups excluding carboxylic acids is 1. The fraction of sp³-hybridized carbons (Fsp3) is 0.562. The SMILES string of the molecule is CCC1CCCCN1CC(=O)Nc1cccc(Cl)c1C. The lowest BCUT2D eigenvalue weighted by Crippen LogP contribution is -2.43. The first-order valence-electron chi connectivity index (χ1n) is 7.40. The Morgan fingerprint density at radius 1 is 1.45 bits per heavy atom. The van der Waals surface area contributed by atoms with Crippen LogP contribution in [0.25, 0.3) is 0 Å². The normalized spacial score (nSPS) is 19.9. The summed E-state index contributed by atoms with van der Waals surface area (Å²) in [4.78, 5) is 14.5. The summed E-state index contributed by atoms with van der Waals surface area (Å²) in [5.41, 5.74) is 1.74. The summed E-state index contributed by atoms with van der Waals surface area (Å²) in [6.45, 7) is 5.63. The fourth-order valence-corrected chi connectivity index (χ4v) is 3.02. The Bertz CT molecular complexity index is 476. The van der Waals surface area contributed by atoms with E-state index in [0.29, 0.717) is 17.6 Å². The molecule has 20 heavy (non-hydrogen) atoms. The first-order chi connectivity index (χ1) is 9.61. The Kier molecular flexibility index (Phi) is 5.44. The van der Waals surface area contributed by atoms with Gasteiger partial charge in [0.15, 0.2) is 0 Å². The van der Waals surface area contributed by atoms with Crippen molar-refractivity contribution in [3.8, 4) is 0 Å². The van der Waals surface area contributed by atoms with Gasteiger partial charge in [-0.1, -0.05) is 31.0 Å². The van der Waals surface area contributed by atoms with Crippen molar-refractivity contribution in [2.24, 2.45) is 0 Å². The smallest absolute Gasteiger partial charge is 0.238 e. The molecule has 1 atom stereocenters. The van der Waals surface area contributed by atoms with Crippen molar-refractivity contribution in [2.45, 2.75) is 45.6 Å². The molecule has 1 fully saturated rings. The van der Waals surface area contributed by atoms with Crippen molar-refractivity contribution < 1.29 is 4.79 Å². The van der Waals surface area contributed by atoms with Gasteiger partial charge in [0.2, 0.25) is 5.91 Å². The van der Waals surface area contributed by atoms with E-state index < -0.39 is 0 Å². The highest BCUT2D eigenvalue weighted by atomic mass is 35.5. The highest BCUT2D eigenvalue weighted by Crippen LogP contribution is 2.23. The molecule has 1 aliphatic heterocycles. The minimum Gasteiger partial charge on any atom is -0.325 e. The van der Waals surface area contributed by atoms with Crippen LogP contribution in [0.15, 0.2) is 18.2 Å². The van der Waals surface area contributed by atoms with Gasteiger partial charge in [0.1, 0.15) is 0 Å². The Morgan fingerprint density at radius 3 is 3.00 bits per heavy atom. The Labute approximate surface area is 126 Å². The van der Waals surface area contributed by atoms with E-state index >= 15 is 0 Å². The van der Waals surface area contributed by atoms with E-state index in [9.17, 15) is 4.79 Å². The molecule has 2 rings (SSSR count). The summed E-state index contributed by atoms with van der Waals surface area (Å²) in [5, 5.41) is 3.67. The standard InChI is InChI=1S/C16H23ClN2O/c1-3-13-7-4-5-10-19(13)11-16(20)18-15-9-6-8-14(17)12(15)2/h6,8-9,13H,3-5,7,10-11H2,1-2H3,(H,18,20). The van der Waals surface area contributed by atoms with Crippen LogP contribution in [-0.2, 0) is 4.79 Å². The fourth-order valence-electron chi connectivity index (χ4n) is 2.85. The minimum absolute atomic E-state index is 0.0516. The second kappa shape index (κ2) is 7.09. The number of rotatable bonds is 4. The van der Waals surface area contributed by atoms with Crippen LogP contribution in [0.5, 0.6) is 0 Å². The Balaban J connectivity index is 1.96. The molecule has 0 bridgehead atoms. The number of halogens is 1. The van der Waals surface area contributed by atoms with E-state index in [1.54, 1.807) is 0 Å². The number of anilines is 1. The molecule has 0 aromatic heterocycles. The zero-order valence-electron chi connectivity index (χ0n) is 12.3. The van der Waals surface area contributed by atoms with Crippen molar-refractivity contribution in [2.75, 3.05) is 18.4 Å². The van der Waals surface area contributed by atoms with Crippen molar-refractivity contribution in [1.29, 1.82) is 0 Å². The molecule has 1 amide bonds. The third kappa shape index (κ3) is 3.74. The highest BCUT2D eigenvalue weighted by molar-refractivity contribution is 6.31. The molecule has 1 unspecified atom stereocenters. The monoisotopic (exact) mass is 294 g/mol. The zero-order valence-corrected chi connectivity index (χ0v) is 13.0. The molecule has 110 valence electrons. The lowest BCUT2D eigenvalue weighted by molar-refractivity contribution is -0.118. The van der Waals surface area contributed by atoms with E-state index in [0.717, 1.165) is 24.2 Å². The number of nitrogens with one attached hydrogen (secondary N) is 1. The molecule has 3 nitrogen and oxygen atoms in total. The van der Waals surface area contributed by atoms with Crippen LogP contribution in [0.2, 0.25) is 5.02 Å². The Morgan fingerprint density at radius 2 is 2.25 bits per heavy atom. The molecule has 1 saturated heterocycles. The van der Waals surface area contributed by atoms with Gasteiger partial charge in [-0.3, -0.25) is 9.69 Å². The summed E-state index contributed by atoms with van der Waals surface area (Å²) in [7, 11) is 0. The van der Waals surface area contributed by atoms with E-state index in [1.165, 1.54) is 19.3 Å². The third-order valence-electron chi connectivity index (χ3n) is 4.11. The van der Waals surface area contributed by atoms with Crippen molar-refractivity contribution in [3.63, 3.8) is 0 Å². The highest BCUT2D eigenvalue weighted by Gasteiger charge is 2.22. The van der Waals surface area contributed by atoms with Crippen LogP contribution >= 0.6 is 11.6 Å². The summed E-state index contributed by atoms with van der Waals surface area (Å²) in [6.07, 6.45) is 4.80. The summed E-state index contributed by atoms with van der Waals surface area (Å²) >= 11 is 6.07. The topological polar surface area (TPSA) is 32.3 Å². The van der Waals surface area contributed by atoms with Gasteiger partial charge >= 0.3 is 0 Å². The van der Waals surface area contributed by atoms with Crippen LogP contribution in [0.1, 0.15) is 38.2 Å². The molecule has 0 radical (unpaired) electrons. The van der Waals surface area contributed by atoms with Crippen LogP contribution < -0.4 is 5.32 Å². The molecule has 0 aliphatic carbocycles. The van der Waals surface area contributed by atoms with Crippen LogP contribution in [0.3, 0.4) is 0 Å². The summed E-state index contributed by atoms with van der Waals surface area (Å²) in [6, 6.07) is 6.15. The number of nitrogens with zero attached hydrogens (tertiary/aromatic N) is 1. The van der Waals surface area contributed by atoms with Gasteiger partial charge < -0.3 is 5.32 Å². The maximum Gasteiger partial charge on any atom is 0.238 e. The van der Waals surface area contributed by atoms with Gasteiger partial charge in [0, 0.05) is 16.8 Å². The third-order valence-corrected chi connectivity index (χ3v) is 4.52. The van der Waals surface area contributed by atoms with Crippen LogP contribution in [0.4, 0.5) is 5.69 Å². The molecule has 1 N–H and O–H groups in total. The summed E-state index contributed by atoms with van der Waals surface area (Å²) in [5.74, 6) is 0.0516. The number of piperidine rings is 1. The zero-order chi connectivity index (χ0) is 14.5. The molecular weight excluding hydrogens is 272 g/mol. The van der Waals surface area contributed by atoms with Gasteiger partial charge in [-0.15, -0.1) is 0 Å². The van der Waals surface area contributed by atoms with Gasteiger partial charge in [0.05, 0.1) is 6.54 Å². The van der Waals surface area contributed by atoms with Crippen molar-refractivity contribution >= 4 is 23.2 Å². The summed E-state index contributed by atoms with van der Waals surface area (Å²) < 4.78 is 0. The lowest BCUT2D eigenvalue weighted by Gasteiger charge is -2.34. The van der Waals surface area contributed by atoms with Gasteiger partial charge in [-0.25, -0.2) is 0 Å². The lowest BCUT2D eigenvalue weighted by atomic mass is 10.00. The molecule has 1 heterocycles. The molecule has 4 heteroatoms. The van der Waals surface area contributed by atoms with E-state index in [-0.39, 0.29) is 5.91 Å². The molecule has 0 spiro atoms. The number of likely N-dealkylation sites (tertiary alicyclic amines) is 1. The van der Waals surface area contributed by atoms with Gasteiger partial charge in [-0.05, 0) is 50.4 Å². The number of hydrogen-bond acceptors (Lipinski definition) is 2. The van der Waals surface area contributed by atoms with E-state index in [1.807, 2.05) is 25.1 Å². The van der Waals surface area contributed by atoms with Crippen LogP contribution in [0, 0.1) is 6.92 Å². The Hall–Kier alpha value is -1.06. The average Bonchev–Trinajstić information content (AvgIpc) is 2.44. The molecular formula is C16H23ClN2O. The number of amides is 1. The number of carbonyl (C=O) groups is 1. The second-order valence-electron chi connectivity index (χ2n) is 5.49. The first kappa shape index (κ1) is 15.3. The largest absolute Gasteiger partial charge is 0.325 e. The predicted octanol–water partition coefficient (Wildman–Crippen LogP) is 3.85. The van der Waals surface area contributed by atoms with E-state index in [2.05, 4.69) is 17.1 Å². The maximum atomic E-state index is 12.2. The second-order valence-corrected chi connectivity index (χ2v) is 5.90. The molecule has 1 aromatic carbocycles. The van der Waals surface area contributed by atoms with Crippen molar-refractivity contribution in [3.05, 3.63) is 28.8 Å². The molecule has 1 aromatic rings.